The van der Waals surface area contributed by atoms with Crippen molar-refractivity contribution in [1.82, 2.24) is 14.9 Å². The van der Waals surface area contributed by atoms with Gasteiger partial charge in [0.15, 0.2) is 0 Å². The fraction of sp³-hybridized carbons (Fsp3) is 0.429. The Morgan fingerprint density at radius 3 is 2.64 bits per heavy atom. The van der Waals surface area contributed by atoms with Gasteiger partial charge in [-0.2, -0.15) is 0 Å². The smallest absolute Gasteiger partial charge is 0.131 e. The molecular weight excluding hydrogens is 308 g/mol. The van der Waals surface area contributed by atoms with Gasteiger partial charge in [0.25, 0.3) is 0 Å². The van der Waals surface area contributed by atoms with Crippen molar-refractivity contribution in [3.05, 3.63) is 47.1 Å². The van der Waals surface area contributed by atoms with Gasteiger partial charge >= 0.3 is 0 Å². The third-order valence-corrected chi connectivity index (χ3v) is 4.82. The topological polar surface area (TPSA) is 42.2 Å². The number of nitrogens with one attached hydrogen (secondary N) is 1. The SMILES string of the molecule is CCn1cc(C)c2nc(C3=C(NC)N=C(C(C)C)C=CC3)c(C)cc21. The van der Waals surface area contributed by atoms with Crippen LogP contribution in [0.15, 0.2) is 35.2 Å². The third-order valence-electron chi connectivity index (χ3n) is 4.82. The highest BCUT2D eigenvalue weighted by molar-refractivity contribution is 5.98. The van der Waals surface area contributed by atoms with Crippen LogP contribution in [0.1, 0.15) is 44.0 Å². The van der Waals surface area contributed by atoms with Crippen LogP contribution in [0.3, 0.4) is 0 Å². The van der Waals surface area contributed by atoms with E-state index in [-0.39, 0.29) is 0 Å². The maximum atomic E-state index is 5.05. The van der Waals surface area contributed by atoms with Crippen molar-refractivity contribution in [2.45, 2.75) is 47.6 Å². The first-order valence-electron chi connectivity index (χ1n) is 9.09. The Morgan fingerprint density at radius 2 is 2.00 bits per heavy atom. The Bertz CT molecular complexity index is 894. The highest BCUT2D eigenvalue weighted by Gasteiger charge is 2.18. The van der Waals surface area contributed by atoms with Crippen LogP contribution in [0, 0.1) is 19.8 Å². The van der Waals surface area contributed by atoms with Gasteiger partial charge in [-0.05, 0) is 56.4 Å². The highest BCUT2D eigenvalue weighted by Crippen LogP contribution is 2.30. The van der Waals surface area contributed by atoms with E-state index in [0.29, 0.717) is 5.92 Å². The fourth-order valence-corrected chi connectivity index (χ4v) is 3.40. The molecule has 1 N–H and O–H groups in total. The number of nitrogens with zero attached hydrogens (tertiary/aromatic N) is 3. The van der Waals surface area contributed by atoms with Crippen LogP contribution < -0.4 is 5.32 Å². The largest absolute Gasteiger partial charge is 0.373 e. The summed E-state index contributed by atoms with van der Waals surface area (Å²) in [6.07, 6.45) is 7.37. The standard InChI is InChI=1S/C21H28N4/c1-7-25-12-15(5)20-18(25)11-14(4)19(24-20)16-9-8-10-17(13(2)3)23-21(16)22-6/h8,10-13,22H,7,9H2,1-6H3. The molecule has 132 valence electrons. The van der Waals surface area contributed by atoms with Gasteiger partial charge < -0.3 is 9.88 Å². The Balaban J connectivity index is 2.22. The number of rotatable bonds is 4. The molecule has 25 heavy (non-hydrogen) atoms. The van der Waals surface area contributed by atoms with Crippen molar-refractivity contribution in [2.75, 3.05) is 7.05 Å². The van der Waals surface area contributed by atoms with E-state index in [0.717, 1.165) is 41.3 Å². The summed E-state index contributed by atoms with van der Waals surface area (Å²) in [4.78, 5) is 9.92. The van der Waals surface area contributed by atoms with Gasteiger partial charge in [-0.1, -0.05) is 19.9 Å². The van der Waals surface area contributed by atoms with Gasteiger partial charge in [0, 0.05) is 31.1 Å². The summed E-state index contributed by atoms with van der Waals surface area (Å²) in [5.74, 6) is 1.33. The molecule has 0 atom stereocenters. The normalized spacial score (nSPS) is 15.1. The zero-order valence-electron chi connectivity index (χ0n) is 16.1. The Morgan fingerprint density at radius 1 is 1.24 bits per heavy atom. The van der Waals surface area contributed by atoms with Crippen LogP contribution >= 0.6 is 0 Å². The van der Waals surface area contributed by atoms with Crippen LogP contribution in [0.4, 0.5) is 0 Å². The van der Waals surface area contributed by atoms with E-state index in [1.807, 2.05) is 7.05 Å². The zero-order valence-corrected chi connectivity index (χ0v) is 16.1. The predicted octanol–water partition coefficient (Wildman–Crippen LogP) is 4.62. The molecule has 0 aromatic carbocycles. The molecule has 0 amide bonds. The van der Waals surface area contributed by atoms with Crippen molar-refractivity contribution in [2.24, 2.45) is 10.9 Å². The van der Waals surface area contributed by atoms with E-state index in [1.165, 1.54) is 16.6 Å². The summed E-state index contributed by atoms with van der Waals surface area (Å²) in [6.45, 7) is 11.8. The van der Waals surface area contributed by atoms with Crippen LogP contribution in [0.2, 0.25) is 0 Å². The molecule has 0 radical (unpaired) electrons. The van der Waals surface area contributed by atoms with Gasteiger partial charge in [0.2, 0.25) is 0 Å². The summed E-state index contributed by atoms with van der Waals surface area (Å²) < 4.78 is 2.27. The van der Waals surface area contributed by atoms with E-state index in [1.54, 1.807) is 0 Å². The summed E-state index contributed by atoms with van der Waals surface area (Å²) in [7, 11) is 1.94. The van der Waals surface area contributed by atoms with E-state index in [4.69, 9.17) is 9.98 Å². The lowest BCUT2D eigenvalue weighted by Gasteiger charge is -2.13. The minimum atomic E-state index is 0.399. The number of aryl methyl sites for hydroxylation is 3. The van der Waals surface area contributed by atoms with Crippen LogP contribution in [-0.2, 0) is 6.54 Å². The van der Waals surface area contributed by atoms with Gasteiger partial charge in [-0.15, -0.1) is 0 Å². The summed E-state index contributed by atoms with van der Waals surface area (Å²) in [5, 5.41) is 3.29. The molecule has 2 aromatic rings. The average Bonchev–Trinajstić information content (AvgIpc) is 2.77. The highest BCUT2D eigenvalue weighted by atomic mass is 15.0. The van der Waals surface area contributed by atoms with Gasteiger partial charge in [-0.3, -0.25) is 0 Å². The first-order chi connectivity index (χ1) is 12.0. The number of pyridine rings is 1. The molecule has 0 bridgehead atoms. The van der Waals surface area contributed by atoms with Crippen LogP contribution in [0.5, 0.6) is 0 Å². The Hall–Kier alpha value is -2.36. The van der Waals surface area contributed by atoms with E-state index in [2.05, 4.69) is 68.9 Å². The number of hydrogen-bond acceptors (Lipinski definition) is 3. The van der Waals surface area contributed by atoms with Gasteiger partial charge in [0.1, 0.15) is 5.82 Å². The second kappa shape index (κ2) is 6.87. The lowest BCUT2D eigenvalue weighted by Crippen LogP contribution is -2.11. The van der Waals surface area contributed by atoms with E-state index >= 15 is 0 Å². The Labute approximate surface area is 150 Å². The molecule has 0 saturated carbocycles. The van der Waals surface area contributed by atoms with Crippen LogP contribution in [-0.4, -0.2) is 22.3 Å². The third kappa shape index (κ3) is 3.13. The molecule has 4 nitrogen and oxygen atoms in total. The fourth-order valence-electron chi connectivity index (χ4n) is 3.40. The zero-order chi connectivity index (χ0) is 18.1. The lowest BCUT2D eigenvalue weighted by atomic mass is 10.0. The molecule has 3 rings (SSSR count). The minimum absolute atomic E-state index is 0.399. The number of allylic oxidation sites excluding steroid dienone is 3. The molecule has 0 fully saturated rings. The molecule has 0 spiro atoms. The van der Waals surface area contributed by atoms with Crippen molar-refractivity contribution >= 4 is 22.3 Å². The number of aliphatic imine (C=N–C) groups is 1. The predicted molar refractivity (Wildman–Crippen MR) is 107 cm³/mol. The first kappa shape index (κ1) is 17.5. The van der Waals surface area contributed by atoms with Crippen LogP contribution in [0.25, 0.3) is 16.6 Å². The van der Waals surface area contributed by atoms with Crippen molar-refractivity contribution in [3.8, 4) is 0 Å². The van der Waals surface area contributed by atoms with Crippen molar-refractivity contribution < 1.29 is 0 Å². The number of fused-ring (bicyclic) bond motifs is 1. The number of aromatic nitrogens is 2. The maximum absolute atomic E-state index is 5.05. The molecule has 4 heteroatoms. The molecule has 1 aliphatic rings. The molecular formula is C21H28N4. The molecule has 2 aromatic heterocycles. The lowest BCUT2D eigenvalue weighted by molar-refractivity contribution is 0.794. The van der Waals surface area contributed by atoms with Crippen molar-refractivity contribution in [1.29, 1.82) is 0 Å². The molecule has 0 saturated heterocycles. The summed E-state index contributed by atoms with van der Waals surface area (Å²) >= 11 is 0. The van der Waals surface area contributed by atoms with E-state index < -0.39 is 0 Å². The monoisotopic (exact) mass is 336 g/mol. The second-order valence-electron chi connectivity index (χ2n) is 6.99. The molecule has 3 heterocycles. The maximum Gasteiger partial charge on any atom is 0.131 e. The Kier molecular flexibility index (Phi) is 4.80. The molecule has 0 unspecified atom stereocenters. The molecule has 1 aliphatic heterocycles. The summed E-state index contributed by atoms with van der Waals surface area (Å²) in [6, 6.07) is 2.26. The van der Waals surface area contributed by atoms with E-state index in [9.17, 15) is 0 Å². The number of hydrogen-bond donors (Lipinski definition) is 1. The minimum Gasteiger partial charge on any atom is -0.373 e. The second-order valence-corrected chi connectivity index (χ2v) is 6.99. The first-order valence-corrected chi connectivity index (χ1v) is 9.09. The average molecular weight is 336 g/mol. The van der Waals surface area contributed by atoms with Gasteiger partial charge in [-0.25, -0.2) is 9.98 Å². The quantitative estimate of drug-likeness (QED) is 0.885. The summed E-state index contributed by atoms with van der Waals surface area (Å²) in [5.41, 5.74) is 8.03. The van der Waals surface area contributed by atoms with Gasteiger partial charge in [0.05, 0.1) is 16.7 Å². The molecule has 0 aliphatic carbocycles. The van der Waals surface area contributed by atoms with Crippen molar-refractivity contribution in [3.63, 3.8) is 0 Å².